The van der Waals surface area contributed by atoms with E-state index >= 15 is 0 Å². The lowest BCUT2D eigenvalue weighted by Crippen LogP contribution is -2.35. The zero-order valence-electron chi connectivity index (χ0n) is 13.2. The Labute approximate surface area is 137 Å². The van der Waals surface area contributed by atoms with E-state index in [0.29, 0.717) is 0 Å². The van der Waals surface area contributed by atoms with E-state index in [4.69, 9.17) is 0 Å². The Hall–Kier alpha value is -2.49. The molecule has 0 unspecified atom stereocenters. The number of anilines is 1. The van der Waals surface area contributed by atoms with E-state index < -0.39 is 33.8 Å². The third-order valence-corrected chi connectivity index (χ3v) is 3.97. The van der Waals surface area contributed by atoms with Gasteiger partial charge in [-0.25, -0.2) is 13.5 Å². The summed E-state index contributed by atoms with van der Waals surface area (Å²) in [6.45, 7) is 3.57. The zero-order chi connectivity index (χ0) is 18.1. The van der Waals surface area contributed by atoms with Crippen molar-refractivity contribution >= 4 is 21.8 Å². The number of nitrogens with zero attached hydrogens (tertiary/aromatic N) is 2. The van der Waals surface area contributed by atoms with Crippen molar-refractivity contribution in [3.63, 3.8) is 0 Å². The van der Waals surface area contributed by atoms with Crippen LogP contribution in [-0.2, 0) is 17.3 Å². The summed E-state index contributed by atoms with van der Waals surface area (Å²) in [5, 5.41) is 3.46. The van der Waals surface area contributed by atoms with Crippen LogP contribution in [-0.4, -0.2) is 24.1 Å². The van der Waals surface area contributed by atoms with Crippen LogP contribution in [0.5, 0.6) is 0 Å². The van der Waals surface area contributed by atoms with E-state index in [0.717, 1.165) is 22.0 Å². The van der Waals surface area contributed by atoms with Gasteiger partial charge in [0, 0.05) is 13.2 Å². The van der Waals surface area contributed by atoms with Crippen LogP contribution < -0.4 is 9.44 Å². The van der Waals surface area contributed by atoms with Gasteiger partial charge in [0.25, 0.3) is 12.3 Å². The van der Waals surface area contributed by atoms with Crippen molar-refractivity contribution in [2.45, 2.75) is 20.3 Å². The zero-order valence-corrected chi connectivity index (χ0v) is 14.0. The molecule has 1 amide bonds. The third-order valence-electron chi connectivity index (χ3n) is 3.01. The minimum atomic E-state index is -4.28. The molecular weight excluding hydrogens is 342 g/mol. The van der Waals surface area contributed by atoms with Gasteiger partial charge in [-0.3, -0.25) is 14.2 Å². The van der Waals surface area contributed by atoms with Crippen LogP contribution in [0.15, 0.2) is 24.4 Å². The summed E-state index contributed by atoms with van der Waals surface area (Å²) in [7, 11) is -2.93. The summed E-state index contributed by atoms with van der Waals surface area (Å²) in [6.07, 6.45) is -1.97. The molecule has 0 aliphatic heterocycles. The van der Waals surface area contributed by atoms with Crippen LogP contribution in [0.4, 0.5) is 14.5 Å². The van der Waals surface area contributed by atoms with Crippen molar-refractivity contribution in [1.82, 2.24) is 14.5 Å². The van der Waals surface area contributed by atoms with Crippen LogP contribution >= 0.6 is 0 Å². The number of aryl methyl sites for hydroxylation is 3. The minimum absolute atomic E-state index is 0.257. The number of hydrogen-bond acceptors (Lipinski definition) is 4. The average molecular weight is 358 g/mol. The molecular formula is C14H16F2N4O3S. The number of carbonyl (C=O) groups is 1. The van der Waals surface area contributed by atoms with E-state index in [9.17, 15) is 22.0 Å². The Morgan fingerprint density at radius 3 is 2.33 bits per heavy atom. The van der Waals surface area contributed by atoms with Gasteiger partial charge in [0.1, 0.15) is 5.69 Å². The number of halogens is 2. The molecule has 2 rings (SSSR count). The van der Waals surface area contributed by atoms with Crippen molar-refractivity contribution in [2.24, 2.45) is 7.05 Å². The number of hydrogen-bond donors (Lipinski definition) is 2. The molecule has 2 N–H and O–H groups in total. The SMILES string of the molecule is Cc1cc(C)cc(NS(=O)(=O)NC(=O)c2cn(C)nc2C(F)F)c1. The fourth-order valence-electron chi connectivity index (χ4n) is 2.23. The molecule has 1 aromatic heterocycles. The van der Waals surface area contributed by atoms with Crippen molar-refractivity contribution in [1.29, 1.82) is 0 Å². The average Bonchev–Trinajstić information content (AvgIpc) is 2.78. The van der Waals surface area contributed by atoms with Gasteiger partial charge in [-0.1, -0.05) is 6.07 Å². The van der Waals surface area contributed by atoms with Gasteiger partial charge in [-0.15, -0.1) is 0 Å². The standard InChI is InChI=1S/C14H16F2N4O3S/c1-8-4-9(2)6-10(5-8)18-24(22,23)19-14(21)11-7-20(3)17-12(11)13(15)16/h4-7,13,18H,1-3H3,(H,19,21). The van der Waals surface area contributed by atoms with Crippen LogP contribution in [0.3, 0.4) is 0 Å². The highest BCUT2D eigenvalue weighted by Gasteiger charge is 2.25. The fraction of sp³-hybridized carbons (Fsp3) is 0.286. The minimum Gasteiger partial charge on any atom is -0.275 e. The second-order valence-corrected chi connectivity index (χ2v) is 6.73. The quantitative estimate of drug-likeness (QED) is 0.856. The van der Waals surface area contributed by atoms with Crippen LogP contribution in [0.2, 0.25) is 0 Å². The van der Waals surface area contributed by atoms with Crippen LogP contribution in [0.1, 0.15) is 33.6 Å². The number of carbonyl (C=O) groups excluding carboxylic acids is 1. The Morgan fingerprint density at radius 1 is 1.21 bits per heavy atom. The molecule has 7 nitrogen and oxygen atoms in total. The van der Waals surface area contributed by atoms with Gasteiger partial charge in [-0.2, -0.15) is 13.5 Å². The van der Waals surface area contributed by atoms with E-state index in [1.165, 1.54) is 7.05 Å². The summed E-state index contributed by atoms with van der Waals surface area (Å²) in [5.41, 5.74) is 0.625. The number of nitrogens with one attached hydrogen (secondary N) is 2. The molecule has 0 saturated carbocycles. The first-order chi connectivity index (χ1) is 11.1. The molecule has 0 saturated heterocycles. The Kier molecular flexibility index (Phi) is 4.88. The van der Waals surface area contributed by atoms with Crippen molar-refractivity contribution < 1.29 is 22.0 Å². The second kappa shape index (κ2) is 6.56. The Balaban J connectivity index is 2.21. The van der Waals surface area contributed by atoms with Gasteiger partial charge in [0.05, 0.1) is 11.3 Å². The largest absolute Gasteiger partial charge is 0.323 e. The highest BCUT2D eigenvalue weighted by Crippen LogP contribution is 2.21. The summed E-state index contributed by atoms with van der Waals surface area (Å²) in [4.78, 5) is 12.0. The third kappa shape index (κ3) is 4.28. The van der Waals surface area contributed by atoms with Crippen molar-refractivity contribution in [2.75, 3.05) is 4.72 Å². The molecule has 24 heavy (non-hydrogen) atoms. The molecule has 10 heteroatoms. The lowest BCUT2D eigenvalue weighted by Gasteiger charge is -2.10. The molecule has 0 spiro atoms. The number of benzene rings is 1. The highest BCUT2D eigenvalue weighted by atomic mass is 32.2. The maximum absolute atomic E-state index is 12.8. The summed E-state index contributed by atoms with van der Waals surface area (Å²) >= 11 is 0. The van der Waals surface area contributed by atoms with Crippen molar-refractivity contribution in [3.05, 3.63) is 46.8 Å². The smallest absolute Gasteiger partial charge is 0.275 e. The van der Waals surface area contributed by atoms with Gasteiger partial charge in [0.2, 0.25) is 0 Å². The maximum Gasteiger partial charge on any atom is 0.323 e. The summed E-state index contributed by atoms with van der Waals surface area (Å²) in [6, 6.07) is 5.00. The molecule has 130 valence electrons. The van der Waals surface area contributed by atoms with Crippen molar-refractivity contribution in [3.8, 4) is 0 Å². The van der Waals surface area contributed by atoms with E-state index in [1.807, 2.05) is 6.07 Å². The van der Waals surface area contributed by atoms with E-state index in [-0.39, 0.29) is 5.69 Å². The molecule has 0 atom stereocenters. The van der Waals surface area contributed by atoms with Crippen LogP contribution in [0, 0.1) is 13.8 Å². The predicted octanol–water partition coefficient (Wildman–Crippen LogP) is 2.06. The van der Waals surface area contributed by atoms with Gasteiger partial charge in [-0.05, 0) is 37.1 Å². The molecule has 2 aromatic rings. The second-order valence-electron chi connectivity index (χ2n) is 5.32. The van der Waals surface area contributed by atoms with Gasteiger partial charge < -0.3 is 0 Å². The molecule has 1 aromatic carbocycles. The molecule has 0 fully saturated rings. The Bertz CT molecular complexity index is 858. The fourth-order valence-corrected chi connectivity index (χ4v) is 3.07. The number of amides is 1. The number of rotatable bonds is 5. The highest BCUT2D eigenvalue weighted by molar-refractivity contribution is 7.91. The number of alkyl halides is 2. The first-order valence-corrected chi connectivity index (χ1v) is 8.30. The van der Waals surface area contributed by atoms with Gasteiger partial charge >= 0.3 is 10.2 Å². The van der Waals surface area contributed by atoms with Crippen LogP contribution in [0.25, 0.3) is 0 Å². The molecule has 0 radical (unpaired) electrons. The maximum atomic E-state index is 12.8. The first kappa shape index (κ1) is 17.9. The van der Waals surface area contributed by atoms with Gasteiger partial charge in [0.15, 0.2) is 0 Å². The summed E-state index contributed by atoms with van der Waals surface area (Å²) < 4.78 is 54.7. The summed E-state index contributed by atoms with van der Waals surface area (Å²) in [5.74, 6) is -1.18. The Morgan fingerprint density at radius 2 is 1.79 bits per heavy atom. The monoisotopic (exact) mass is 358 g/mol. The molecule has 0 bridgehead atoms. The molecule has 0 aliphatic carbocycles. The molecule has 1 heterocycles. The lowest BCUT2D eigenvalue weighted by molar-refractivity contribution is 0.0966. The normalized spacial score (nSPS) is 11.6. The predicted molar refractivity (Wildman–Crippen MR) is 84.1 cm³/mol. The molecule has 0 aliphatic rings. The first-order valence-electron chi connectivity index (χ1n) is 6.82. The van der Waals surface area contributed by atoms with E-state index in [1.54, 1.807) is 30.7 Å². The van der Waals surface area contributed by atoms with E-state index in [2.05, 4.69) is 9.82 Å². The number of aromatic nitrogens is 2. The lowest BCUT2D eigenvalue weighted by atomic mass is 10.1. The topological polar surface area (TPSA) is 93.1 Å².